The second-order valence-corrected chi connectivity index (χ2v) is 3.86. The normalized spacial score (nSPS) is 11.6. The van der Waals surface area contributed by atoms with Crippen LogP contribution in [0.15, 0.2) is 28.7 Å². The number of amides is 1. The topological polar surface area (TPSA) is 62.1 Å². The summed E-state index contributed by atoms with van der Waals surface area (Å²) in [5.74, 6) is -0.326. The van der Waals surface area contributed by atoms with Crippen LogP contribution in [0.3, 0.4) is 0 Å². The van der Waals surface area contributed by atoms with Crippen LogP contribution in [0.1, 0.15) is 17.3 Å². The maximum atomic E-state index is 11.6. The van der Waals surface area contributed by atoms with E-state index < -0.39 is 6.23 Å². The summed E-state index contributed by atoms with van der Waals surface area (Å²) >= 11 is 3.28. The van der Waals surface area contributed by atoms with Gasteiger partial charge in [0, 0.05) is 16.6 Å². The Labute approximate surface area is 102 Å². The highest BCUT2D eigenvalue weighted by molar-refractivity contribution is 9.10. The summed E-state index contributed by atoms with van der Waals surface area (Å²) in [7, 11) is 0. The van der Waals surface area contributed by atoms with E-state index in [9.17, 15) is 4.79 Å². The molecule has 1 amide bonds. The molecule has 1 unspecified atom stereocenters. The van der Waals surface area contributed by atoms with Crippen LogP contribution >= 0.6 is 15.9 Å². The Balaban J connectivity index is 2.65. The van der Waals surface area contributed by atoms with Gasteiger partial charge in [-0.1, -0.05) is 15.9 Å². The molecule has 1 aromatic rings. The highest BCUT2D eigenvalue weighted by atomic mass is 79.9. The molecule has 0 saturated heterocycles. The molecule has 0 radical (unpaired) electrons. The molecule has 0 spiro atoms. The minimum absolute atomic E-state index is 0.326. The molecule has 0 aromatic heterocycles. The molecule has 0 aliphatic carbocycles. The smallest absolute Gasteiger partial charge is 0.254 e. The van der Waals surface area contributed by atoms with Gasteiger partial charge < -0.3 is 10.1 Å². The maximum Gasteiger partial charge on any atom is 0.254 e. The number of halogens is 1. The van der Waals surface area contributed by atoms with Crippen LogP contribution in [-0.4, -0.2) is 18.7 Å². The van der Waals surface area contributed by atoms with Crippen LogP contribution in [0.2, 0.25) is 0 Å². The average Bonchev–Trinajstić information content (AvgIpc) is 2.29. The fourth-order valence-electron chi connectivity index (χ4n) is 1.08. The first-order valence-electron chi connectivity index (χ1n) is 4.75. The lowest BCUT2D eigenvalue weighted by Gasteiger charge is -2.11. The van der Waals surface area contributed by atoms with Crippen molar-refractivity contribution in [3.8, 4) is 6.07 Å². The minimum Gasteiger partial charge on any atom is -0.346 e. The second-order valence-electron chi connectivity index (χ2n) is 2.94. The minimum atomic E-state index is -0.902. The van der Waals surface area contributed by atoms with E-state index in [1.807, 2.05) is 6.07 Å². The molecule has 4 nitrogen and oxygen atoms in total. The van der Waals surface area contributed by atoms with Gasteiger partial charge in [-0.2, -0.15) is 5.26 Å². The number of nitriles is 1. The maximum absolute atomic E-state index is 11.6. The number of rotatable bonds is 4. The van der Waals surface area contributed by atoms with Crippen molar-refractivity contribution in [2.45, 2.75) is 13.2 Å². The first kappa shape index (κ1) is 12.7. The lowest BCUT2D eigenvalue weighted by Crippen LogP contribution is -2.35. The molecule has 0 bridgehead atoms. The zero-order chi connectivity index (χ0) is 12.0. The fraction of sp³-hybridized carbons (Fsp3) is 0.273. The molecular weight excluding hydrogens is 272 g/mol. The molecular formula is C11H11BrN2O2. The summed E-state index contributed by atoms with van der Waals surface area (Å²) in [6.45, 7) is 2.13. The van der Waals surface area contributed by atoms with Gasteiger partial charge in [-0.25, -0.2) is 0 Å². The zero-order valence-corrected chi connectivity index (χ0v) is 10.3. The van der Waals surface area contributed by atoms with Crippen molar-refractivity contribution >= 4 is 21.8 Å². The van der Waals surface area contributed by atoms with E-state index in [1.165, 1.54) is 0 Å². The van der Waals surface area contributed by atoms with Crippen molar-refractivity contribution in [2.75, 3.05) is 6.61 Å². The lowest BCUT2D eigenvalue weighted by atomic mass is 10.2. The van der Waals surface area contributed by atoms with E-state index in [1.54, 1.807) is 31.2 Å². The number of hydrogen-bond donors (Lipinski definition) is 1. The van der Waals surface area contributed by atoms with E-state index in [2.05, 4.69) is 21.2 Å². The van der Waals surface area contributed by atoms with Crippen molar-refractivity contribution in [3.05, 3.63) is 34.3 Å². The van der Waals surface area contributed by atoms with Gasteiger partial charge in [-0.3, -0.25) is 4.79 Å². The molecule has 1 N–H and O–H groups in total. The molecule has 0 saturated carbocycles. The standard InChI is InChI=1S/C11H11BrN2O2/c1-2-16-10(7-13)14-11(15)8-3-5-9(12)6-4-8/h3-6,10H,2H2,1H3,(H,14,15). The van der Waals surface area contributed by atoms with Crippen LogP contribution in [0.5, 0.6) is 0 Å². The molecule has 1 atom stereocenters. The number of benzene rings is 1. The lowest BCUT2D eigenvalue weighted by molar-refractivity contribution is 0.0615. The van der Waals surface area contributed by atoms with Gasteiger partial charge in [0.05, 0.1) is 0 Å². The Hall–Kier alpha value is -1.38. The number of ether oxygens (including phenoxy) is 1. The molecule has 84 valence electrons. The van der Waals surface area contributed by atoms with Gasteiger partial charge in [0.1, 0.15) is 6.07 Å². The average molecular weight is 283 g/mol. The Bertz CT molecular complexity index is 397. The molecule has 1 aromatic carbocycles. The summed E-state index contributed by atoms with van der Waals surface area (Å²) in [5.41, 5.74) is 0.489. The predicted octanol–water partition coefficient (Wildman–Crippen LogP) is 2.07. The number of nitrogens with one attached hydrogen (secondary N) is 1. The van der Waals surface area contributed by atoms with E-state index in [0.717, 1.165) is 4.47 Å². The highest BCUT2D eigenvalue weighted by Gasteiger charge is 2.12. The van der Waals surface area contributed by atoms with Crippen molar-refractivity contribution in [3.63, 3.8) is 0 Å². The first-order valence-corrected chi connectivity index (χ1v) is 5.54. The Morgan fingerprint density at radius 2 is 2.19 bits per heavy atom. The third-order valence-corrected chi connectivity index (χ3v) is 2.35. The van der Waals surface area contributed by atoms with Crippen molar-refractivity contribution in [1.29, 1.82) is 5.26 Å². The Kier molecular flexibility index (Phi) is 4.96. The number of hydrogen-bond acceptors (Lipinski definition) is 3. The van der Waals surface area contributed by atoms with Crippen molar-refractivity contribution < 1.29 is 9.53 Å². The molecule has 0 heterocycles. The van der Waals surface area contributed by atoms with E-state index in [4.69, 9.17) is 10.00 Å². The molecule has 0 aliphatic heterocycles. The van der Waals surface area contributed by atoms with Crippen LogP contribution in [0, 0.1) is 11.3 Å². The number of carbonyl (C=O) groups excluding carboxylic acids is 1. The Morgan fingerprint density at radius 1 is 1.56 bits per heavy atom. The third-order valence-electron chi connectivity index (χ3n) is 1.82. The zero-order valence-electron chi connectivity index (χ0n) is 8.74. The van der Waals surface area contributed by atoms with Crippen molar-refractivity contribution in [1.82, 2.24) is 5.32 Å². The van der Waals surface area contributed by atoms with Gasteiger partial charge in [0.15, 0.2) is 0 Å². The molecule has 16 heavy (non-hydrogen) atoms. The molecule has 5 heteroatoms. The van der Waals surface area contributed by atoms with Crippen LogP contribution < -0.4 is 5.32 Å². The van der Waals surface area contributed by atoms with E-state index in [0.29, 0.717) is 12.2 Å². The SMILES string of the molecule is CCOC(C#N)NC(=O)c1ccc(Br)cc1. The van der Waals surface area contributed by atoms with E-state index in [-0.39, 0.29) is 5.91 Å². The summed E-state index contributed by atoms with van der Waals surface area (Å²) in [6, 6.07) is 8.71. The summed E-state index contributed by atoms with van der Waals surface area (Å²) in [4.78, 5) is 11.6. The monoisotopic (exact) mass is 282 g/mol. The fourth-order valence-corrected chi connectivity index (χ4v) is 1.35. The molecule has 0 fully saturated rings. The first-order chi connectivity index (χ1) is 7.67. The molecule has 0 aliphatic rings. The largest absolute Gasteiger partial charge is 0.346 e. The Morgan fingerprint density at radius 3 is 2.69 bits per heavy atom. The van der Waals surface area contributed by atoms with Crippen LogP contribution in [-0.2, 0) is 4.74 Å². The number of carbonyl (C=O) groups is 1. The highest BCUT2D eigenvalue weighted by Crippen LogP contribution is 2.10. The van der Waals surface area contributed by atoms with Crippen molar-refractivity contribution in [2.24, 2.45) is 0 Å². The second kappa shape index (κ2) is 6.26. The summed E-state index contributed by atoms with van der Waals surface area (Å²) < 4.78 is 5.90. The van der Waals surface area contributed by atoms with Crippen LogP contribution in [0.4, 0.5) is 0 Å². The van der Waals surface area contributed by atoms with Gasteiger partial charge in [0.25, 0.3) is 5.91 Å². The van der Waals surface area contributed by atoms with E-state index >= 15 is 0 Å². The third kappa shape index (κ3) is 3.65. The van der Waals surface area contributed by atoms with Gasteiger partial charge in [-0.05, 0) is 31.2 Å². The van der Waals surface area contributed by atoms with Gasteiger partial charge in [-0.15, -0.1) is 0 Å². The summed E-state index contributed by atoms with van der Waals surface area (Å²) in [6.07, 6.45) is -0.902. The quantitative estimate of drug-likeness (QED) is 0.860. The predicted molar refractivity (Wildman–Crippen MR) is 62.6 cm³/mol. The molecule has 1 rings (SSSR count). The van der Waals surface area contributed by atoms with Gasteiger partial charge >= 0.3 is 0 Å². The van der Waals surface area contributed by atoms with Crippen LogP contribution in [0.25, 0.3) is 0 Å². The number of nitrogens with zero attached hydrogens (tertiary/aromatic N) is 1. The van der Waals surface area contributed by atoms with Gasteiger partial charge in [0.2, 0.25) is 6.23 Å². The summed E-state index contributed by atoms with van der Waals surface area (Å²) in [5, 5.41) is 11.2.